The number of rotatable bonds is 4. The van der Waals surface area contributed by atoms with Crippen LogP contribution in [0.15, 0.2) is 12.4 Å². The first-order valence-corrected chi connectivity index (χ1v) is 9.38. The molecule has 0 saturated heterocycles. The van der Waals surface area contributed by atoms with Crippen molar-refractivity contribution in [3.8, 4) is 0 Å². The molecule has 0 fully saturated rings. The van der Waals surface area contributed by atoms with Crippen molar-refractivity contribution >= 4 is 29.8 Å². The molecule has 0 spiro atoms. The summed E-state index contributed by atoms with van der Waals surface area (Å²) < 4.78 is 10.6. The molecule has 1 aromatic heterocycles. The van der Waals surface area contributed by atoms with Crippen LogP contribution >= 0.6 is 11.8 Å². The number of thioether (sulfide) groups is 1. The summed E-state index contributed by atoms with van der Waals surface area (Å²) in [6, 6.07) is 0. The van der Waals surface area contributed by atoms with Gasteiger partial charge in [0.15, 0.2) is 5.82 Å². The molecule has 0 aliphatic heterocycles. The van der Waals surface area contributed by atoms with Crippen LogP contribution in [0.5, 0.6) is 0 Å². The summed E-state index contributed by atoms with van der Waals surface area (Å²) >= 11 is 1.70. The molecule has 0 bridgehead atoms. The van der Waals surface area contributed by atoms with Crippen LogP contribution in [-0.4, -0.2) is 45.4 Å². The van der Waals surface area contributed by atoms with Gasteiger partial charge in [-0.15, -0.1) is 0 Å². The number of hydrogen-bond donors (Lipinski definition) is 0. The molecule has 0 saturated carbocycles. The number of ether oxygens (including phenoxy) is 2. The monoisotopic (exact) mass is 369 g/mol. The number of carbonyl (C=O) groups excluding carboxylic acids is 2. The van der Waals surface area contributed by atoms with E-state index in [1.807, 2.05) is 6.26 Å². The molecule has 7 nitrogen and oxygen atoms in total. The first-order valence-electron chi connectivity index (χ1n) is 7.99. The minimum Gasteiger partial charge on any atom is -0.443 e. The minimum absolute atomic E-state index is 0.0661. The second kappa shape index (κ2) is 8.51. The Labute approximate surface area is 153 Å². The number of nitrogens with zero attached hydrogens (tertiary/aromatic N) is 3. The maximum Gasteiger partial charge on any atom is 0.425 e. The van der Waals surface area contributed by atoms with Gasteiger partial charge in [-0.25, -0.2) is 14.6 Å². The van der Waals surface area contributed by atoms with Gasteiger partial charge in [0.05, 0.1) is 18.1 Å². The van der Waals surface area contributed by atoms with Crippen molar-refractivity contribution < 1.29 is 19.1 Å². The molecular formula is C17H27N3O4S. The molecule has 0 aliphatic rings. The van der Waals surface area contributed by atoms with Crippen molar-refractivity contribution in [2.45, 2.75) is 59.2 Å². The normalized spacial score (nSPS) is 11.8. The van der Waals surface area contributed by atoms with Crippen LogP contribution in [0.1, 0.15) is 47.2 Å². The number of imide groups is 1. The Morgan fingerprint density at radius 1 is 1.00 bits per heavy atom. The fourth-order valence-corrected chi connectivity index (χ4v) is 2.09. The van der Waals surface area contributed by atoms with E-state index in [0.717, 1.165) is 22.8 Å². The zero-order valence-electron chi connectivity index (χ0n) is 16.0. The molecule has 0 aliphatic carbocycles. The van der Waals surface area contributed by atoms with E-state index in [4.69, 9.17) is 9.47 Å². The van der Waals surface area contributed by atoms with Crippen molar-refractivity contribution in [1.82, 2.24) is 9.97 Å². The van der Waals surface area contributed by atoms with Crippen LogP contribution in [0.3, 0.4) is 0 Å². The van der Waals surface area contributed by atoms with Gasteiger partial charge in [-0.05, 0) is 53.6 Å². The average molecular weight is 369 g/mol. The molecule has 0 N–H and O–H groups in total. The number of aromatic nitrogens is 2. The predicted octanol–water partition coefficient (Wildman–Crippen LogP) is 4.06. The third-order valence-corrected chi connectivity index (χ3v) is 3.25. The van der Waals surface area contributed by atoms with Crippen LogP contribution in [0.4, 0.5) is 15.4 Å². The highest BCUT2D eigenvalue weighted by Gasteiger charge is 2.33. The summed E-state index contributed by atoms with van der Waals surface area (Å²) in [7, 11) is 0. The number of hydrogen-bond acceptors (Lipinski definition) is 7. The first-order chi connectivity index (χ1) is 11.4. The van der Waals surface area contributed by atoms with E-state index in [-0.39, 0.29) is 5.82 Å². The molecule has 0 unspecified atom stereocenters. The Kier molecular flexibility index (Phi) is 7.22. The van der Waals surface area contributed by atoms with Crippen molar-refractivity contribution in [3.63, 3.8) is 0 Å². The SMILES string of the molecule is CSCCc1cnc(N(C(=O)OC(C)(C)C)C(=O)OC(C)(C)C)cn1. The topological polar surface area (TPSA) is 81.6 Å². The summed E-state index contributed by atoms with van der Waals surface area (Å²) in [6.07, 6.45) is 3.99. The fourth-order valence-electron chi connectivity index (χ4n) is 1.68. The van der Waals surface area contributed by atoms with E-state index in [9.17, 15) is 9.59 Å². The van der Waals surface area contributed by atoms with E-state index in [1.54, 1.807) is 59.5 Å². The van der Waals surface area contributed by atoms with E-state index in [1.165, 1.54) is 6.20 Å². The van der Waals surface area contributed by atoms with Crippen molar-refractivity contribution in [3.05, 3.63) is 18.1 Å². The van der Waals surface area contributed by atoms with Crippen molar-refractivity contribution in [2.24, 2.45) is 0 Å². The maximum absolute atomic E-state index is 12.5. The van der Waals surface area contributed by atoms with Crippen LogP contribution < -0.4 is 4.90 Å². The van der Waals surface area contributed by atoms with Crippen LogP contribution in [0.2, 0.25) is 0 Å². The Balaban J connectivity index is 3.08. The highest BCUT2D eigenvalue weighted by atomic mass is 32.2. The molecule has 140 valence electrons. The van der Waals surface area contributed by atoms with Gasteiger partial charge in [-0.1, -0.05) is 0 Å². The van der Waals surface area contributed by atoms with Crippen LogP contribution in [0, 0.1) is 0 Å². The van der Waals surface area contributed by atoms with Gasteiger partial charge in [0, 0.05) is 6.42 Å². The van der Waals surface area contributed by atoms with Gasteiger partial charge in [-0.2, -0.15) is 16.7 Å². The molecule has 0 aromatic carbocycles. The maximum atomic E-state index is 12.5. The van der Waals surface area contributed by atoms with E-state index in [0.29, 0.717) is 0 Å². The largest absolute Gasteiger partial charge is 0.443 e. The number of carbonyl (C=O) groups is 2. The summed E-state index contributed by atoms with van der Waals surface area (Å²) in [5.41, 5.74) is -0.738. The first kappa shape index (κ1) is 21.2. The van der Waals surface area contributed by atoms with E-state index in [2.05, 4.69) is 9.97 Å². The second-order valence-electron chi connectivity index (χ2n) is 7.40. The molecule has 0 radical (unpaired) electrons. The smallest absolute Gasteiger partial charge is 0.425 e. The summed E-state index contributed by atoms with van der Waals surface area (Å²) in [4.78, 5) is 34.2. The van der Waals surface area contributed by atoms with Crippen LogP contribution in [-0.2, 0) is 15.9 Å². The minimum atomic E-state index is -0.854. The molecule has 8 heteroatoms. The van der Waals surface area contributed by atoms with Gasteiger partial charge >= 0.3 is 12.2 Å². The molecular weight excluding hydrogens is 342 g/mol. The lowest BCUT2D eigenvalue weighted by atomic mass is 10.2. The summed E-state index contributed by atoms with van der Waals surface area (Å²) in [5, 5.41) is 0. The standard InChI is InChI=1S/C17H27N3O4S/c1-16(2,3)23-14(21)20(15(22)24-17(4,5)6)13-11-18-12(10-19-13)8-9-25-7/h10-11H,8-9H2,1-7H3. The Bertz CT molecular complexity index is 563. The zero-order valence-corrected chi connectivity index (χ0v) is 16.8. The van der Waals surface area contributed by atoms with Gasteiger partial charge in [-0.3, -0.25) is 4.98 Å². The Morgan fingerprint density at radius 3 is 1.88 bits per heavy atom. The lowest BCUT2D eigenvalue weighted by Gasteiger charge is -2.27. The van der Waals surface area contributed by atoms with Gasteiger partial charge in [0.1, 0.15) is 11.2 Å². The summed E-state index contributed by atoms with van der Waals surface area (Å²) in [6.45, 7) is 10.3. The van der Waals surface area contributed by atoms with E-state index < -0.39 is 23.4 Å². The quantitative estimate of drug-likeness (QED) is 0.791. The lowest BCUT2D eigenvalue weighted by Crippen LogP contribution is -2.44. The van der Waals surface area contributed by atoms with Crippen molar-refractivity contribution in [1.29, 1.82) is 0 Å². The zero-order chi connectivity index (χ0) is 19.3. The molecule has 1 aromatic rings. The number of aryl methyl sites for hydroxylation is 1. The molecule has 1 heterocycles. The van der Waals surface area contributed by atoms with E-state index >= 15 is 0 Å². The Morgan fingerprint density at radius 2 is 1.52 bits per heavy atom. The molecule has 0 atom stereocenters. The predicted molar refractivity (Wildman–Crippen MR) is 99.1 cm³/mol. The van der Waals surface area contributed by atoms with Gasteiger partial charge in [0.25, 0.3) is 0 Å². The number of amides is 2. The highest BCUT2D eigenvalue weighted by molar-refractivity contribution is 7.98. The fraction of sp³-hybridized carbons (Fsp3) is 0.647. The molecule has 1 rings (SSSR count). The molecule has 25 heavy (non-hydrogen) atoms. The Hall–Kier alpha value is -1.83. The third kappa shape index (κ3) is 7.72. The van der Waals surface area contributed by atoms with Crippen molar-refractivity contribution in [2.75, 3.05) is 16.9 Å². The second-order valence-corrected chi connectivity index (χ2v) is 8.39. The van der Waals surface area contributed by atoms with Gasteiger partial charge < -0.3 is 9.47 Å². The highest BCUT2D eigenvalue weighted by Crippen LogP contribution is 2.19. The average Bonchev–Trinajstić information content (AvgIpc) is 2.42. The number of anilines is 1. The van der Waals surface area contributed by atoms with Crippen LogP contribution in [0.25, 0.3) is 0 Å². The molecule has 2 amide bonds. The van der Waals surface area contributed by atoms with Gasteiger partial charge in [0.2, 0.25) is 0 Å². The lowest BCUT2D eigenvalue weighted by molar-refractivity contribution is 0.0429. The summed E-state index contributed by atoms with van der Waals surface area (Å²) in [5.74, 6) is 0.979. The third-order valence-electron chi connectivity index (χ3n) is 2.64.